The molecule has 0 saturated carbocycles. The number of carbonyl (C=O) groups is 1. The molecule has 2 aliphatic heterocycles. The van der Waals surface area contributed by atoms with Crippen LogP contribution in [0.25, 0.3) is 11.0 Å². The van der Waals surface area contributed by atoms with Crippen molar-refractivity contribution in [3.8, 4) is 11.7 Å². The Labute approximate surface area is 240 Å². The summed E-state index contributed by atoms with van der Waals surface area (Å²) >= 11 is 12.0. The molecule has 0 unspecified atom stereocenters. The topological polar surface area (TPSA) is 112 Å². The zero-order valence-electron chi connectivity index (χ0n) is 20.7. The Bertz CT molecular complexity index is 1480. The summed E-state index contributed by atoms with van der Waals surface area (Å²) in [5.74, 6) is 1.09. The van der Waals surface area contributed by atoms with Crippen LogP contribution < -0.4 is 9.47 Å². The maximum absolute atomic E-state index is 11.5. The van der Waals surface area contributed by atoms with Gasteiger partial charge in [0.2, 0.25) is 5.89 Å². The molecule has 4 aromatic rings. The lowest BCUT2D eigenvalue weighted by atomic mass is 10.1. The number of hydrogen-bond donors (Lipinski definition) is 1. The molecule has 4 heterocycles. The van der Waals surface area contributed by atoms with E-state index >= 15 is 0 Å². The van der Waals surface area contributed by atoms with Crippen LogP contribution in [-0.4, -0.2) is 62.4 Å². The number of aromatic carboxylic acids is 1. The highest BCUT2D eigenvalue weighted by Gasteiger charge is 2.31. The molecule has 1 atom stereocenters. The van der Waals surface area contributed by atoms with Crippen molar-refractivity contribution < 1.29 is 28.5 Å². The van der Waals surface area contributed by atoms with E-state index < -0.39 is 5.97 Å². The number of fused-ring (bicyclic) bond motifs is 1. The number of likely N-dealkylation sites (tertiary alicyclic amines) is 1. The summed E-state index contributed by atoms with van der Waals surface area (Å²) in [6.45, 7) is 3.50. The Balaban J connectivity index is 0.00000308. The predicted octanol–water partition coefficient (Wildman–Crippen LogP) is 4.77. The fourth-order valence-electron chi connectivity index (χ4n) is 4.50. The van der Waals surface area contributed by atoms with Gasteiger partial charge >= 0.3 is 11.9 Å². The van der Waals surface area contributed by atoms with Gasteiger partial charge in [-0.15, -0.1) is 0 Å². The average molecular weight is 593 g/mol. The minimum absolute atomic E-state index is 0. The van der Waals surface area contributed by atoms with E-state index in [4.69, 9.17) is 46.8 Å². The third-order valence-electron chi connectivity index (χ3n) is 6.60. The third-order valence-corrected chi connectivity index (χ3v) is 7.13. The second-order valence-corrected chi connectivity index (χ2v) is 10.1. The van der Waals surface area contributed by atoms with Crippen molar-refractivity contribution in [3.63, 3.8) is 0 Å². The van der Waals surface area contributed by atoms with E-state index in [1.165, 1.54) is 6.20 Å². The van der Waals surface area contributed by atoms with Crippen LogP contribution in [0.5, 0.6) is 11.7 Å². The van der Waals surface area contributed by atoms with Gasteiger partial charge in [0.05, 0.1) is 40.8 Å². The maximum Gasteiger partial charge on any atom is 0.335 e. The standard InChI is InChI=1S/C26H24Cl2N4O6.H2S/c27-16-2-4-22(19(28)8-16)36-14-24-29-9-25(38-24)37-18-10-31(11-18)13-23-30-20-3-1-15(26(33)34)7-21(20)32(23)12-17-5-6-35-17;/h1-4,7-9,17-18H,5-6,10-14H2,(H,33,34);1H2/t17-;/m0./s1. The van der Waals surface area contributed by atoms with Crippen molar-refractivity contribution in [1.82, 2.24) is 19.4 Å². The molecule has 2 aromatic heterocycles. The number of imidazole rings is 1. The number of carboxylic acid groups (broad SMARTS) is 1. The van der Waals surface area contributed by atoms with Crippen LogP contribution in [0.4, 0.5) is 0 Å². The molecular formula is C26H26Cl2N4O6S. The highest BCUT2D eigenvalue weighted by molar-refractivity contribution is 7.59. The summed E-state index contributed by atoms with van der Waals surface area (Å²) in [7, 11) is 0. The van der Waals surface area contributed by atoms with Gasteiger partial charge in [-0.25, -0.2) is 14.8 Å². The van der Waals surface area contributed by atoms with E-state index in [-0.39, 0.29) is 37.9 Å². The number of benzene rings is 2. The lowest BCUT2D eigenvalue weighted by Gasteiger charge is -2.38. The van der Waals surface area contributed by atoms with Crippen LogP contribution in [0, 0.1) is 0 Å². The van der Waals surface area contributed by atoms with E-state index in [0.717, 1.165) is 29.9 Å². The SMILES string of the molecule is O=C(O)c1ccc2nc(CN3CC(Oc4cnc(COc5ccc(Cl)cc5Cl)o4)C3)n(C[C@@H]3CCO3)c2c1.S. The third kappa shape index (κ3) is 6.12. The Morgan fingerprint density at radius 3 is 2.72 bits per heavy atom. The Morgan fingerprint density at radius 2 is 2.00 bits per heavy atom. The second kappa shape index (κ2) is 11.6. The van der Waals surface area contributed by atoms with Crippen molar-refractivity contribution in [3.05, 3.63) is 69.9 Å². The molecular weight excluding hydrogens is 567 g/mol. The summed E-state index contributed by atoms with van der Waals surface area (Å²) in [6.07, 6.45) is 2.58. The number of carboxylic acids is 1. The lowest BCUT2D eigenvalue weighted by Crippen LogP contribution is -2.53. The zero-order valence-corrected chi connectivity index (χ0v) is 23.2. The minimum Gasteiger partial charge on any atom is -0.482 e. The van der Waals surface area contributed by atoms with Crippen LogP contribution >= 0.6 is 36.7 Å². The first-order valence-corrected chi connectivity index (χ1v) is 12.9. The van der Waals surface area contributed by atoms with Crippen LogP contribution in [0.1, 0.15) is 28.5 Å². The average Bonchev–Trinajstić information content (AvgIpc) is 3.42. The number of nitrogens with zero attached hydrogens (tertiary/aromatic N) is 4. The quantitative estimate of drug-likeness (QED) is 0.278. The van der Waals surface area contributed by atoms with Gasteiger partial charge in [-0.05, 0) is 42.8 Å². The molecule has 13 heteroatoms. The van der Waals surface area contributed by atoms with Gasteiger partial charge in [-0.3, -0.25) is 4.90 Å². The molecule has 2 aromatic carbocycles. The first kappa shape index (κ1) is 27.6. The van der Waals surface area contributed by atoms with Crippen molar-refractivity contribution >= 4 is 53.7 Å². The first-order chi connectivity index (χ1) is 18.4. The number of ether oxygens (including phenoxy) is 3. The Kier molecular flexibility index (Phi) is 8.24. The van der Waals surface area contributed by atoms with Gasteiger partial charge in [-0.2, -0.15) is 13.5 Å². The monoisotopic (exact) mass is 592 g/mol. The van der Waals surface area contributed by atoms with Gasteiger partial charge in [0, 0.05) is 24.7 Å². The van der Waals surface area contributed by atoms with E-state index in [9.17, 15) is 9.90 Å². The number of rotatable bonds is 10. The lowest BCUT2D eigenvalue weighted by molar-refractivity contribution is -0.0597. The summed E-state index contributed by atoms with van der Waals surface area (Å²) in [6, 6.07) is 10.0. The predicted molar refractivity (Wildman–Crippen MR) is 148 cm³/mol. The number of halogens is 2. The van der Waals surface area contributed by atoms with Gasteiger partial charge in [-0.1, -0.05) is 23.2 Å². The van der Waals surface area contributed by atoms with Gasteiger partial charge < -0.3 is 28.3 Å². The largest absolute Gasteiger partial charge is 0.482 e. The molecule has 1 N–H and O–H groups in total. The van der Waals surface area contributed by atoms with E-state index in [1.54, 1.807) is 36.4 Å². The minimum atomic E-state index is -0.959. The highest BCUT2D eigenvalue weighted by Crippen LogP contribution is 2.29. The molecule has 0 aliphatic carbocycles. The zero-order chi connectivity index (χ0) is 26.2. The van der Waals surface area contributed by atoms with Crippen LogP contribution in [0.15, 0.2) is 47.0 Å². The van der Waals surface area contributed by atoms with Crippen LogP contribution in [-0.2, 0) is 24.4 Å². The van der Waals surface area contributed by atoms with Gasteiger partial charge in [0.25, 0.3) is 0 Å². The Hall–Kier alpha value is -2.96. The Morgan fingerprint density at radius 1 is 1.18 bits per heavy atom. The summed E-state index contributed by atoms with van der Waals surface area (Å²) in [4.78, 5) is 22.7. The summed E-state index contributed by atoms with van der Waals surface area (Å²) in [5, 5.41) is 10.4. The van der Waals surface area contributed by atoms with E-state index in [2.05, 4.69) is 14.5 Å². The van der Waals surface area contributed by atoms with E-state index in [1.807, 2.05) is 0 Å². The molecule has 206 valence electrons. The van der Waals surface area contributed by atoms with Gasteiger partial charge in [0.1, 0.15) is 23.9 Å². The first-order valence-electron chi connectivity index (χ1n) is 12.2. The van der Waals surface area contributed by atoms with Crippen LogP contribution in [0.3, 0.4) is 0 Å². The molecule has 0 radical (unpaired) electrons. The molecule has 0 spiro atoms. The molecule has 2 saturated heterocycles. The van der Waals surface area contributed by atoms with E-state index in [0.29, 0.717) is 53.8 Å². The molecule has 0 amide bonds. The van der Waals surface area contributed by atoms with Crippen molar-refractivity contribution in [2.75, 3.05) is 19.7 Å². The molecule has 6 rings (SSSR count). The number of hydrogen-bond acceptors (Lipinski definition) is 8. The maximum atomic E-state index is 11.5. The van der Waals surface area contributed by atoms with Crippen LogP contribution in [0.2, 0.25) is 10.0 Å². The smallest absolute Gasteiger partial charge is 0.335 e. The molecule has 39 heavy (non-hydrogen) atoms. The number of oxazole rings is 1. The van der Waals surface area contributed by atoms with Crippen molar-refractivity contribution in [2.24, 2.45) is 0 Å². The summed E-state index contributed by atoms with van der Waals surface area (Å²) in [5.41, 5.74) is 1.82. The molecule has 2 fully saturated rings. The van der Waals surface area contributed by atoms with Crippen molar-refractivity contribution in [1.29, 1.82) is 0 Å². The molecule has 10 nitrogen and oxygen atoms in total. The number of aromatic nitrogens is 3. The van der Waals surface area contributed by atoms with Gasteiger partial charge in [0.15, 0.2) is 6.61 Å². The molecule has 0 bridgehead atoms. The fourth-order valence-corrected chi connectivity index (χ4v) is 4.96. The normalized spacial score (nSPS) is 17.3. The second-order valence-electron chi connectivity index (χ2n) is 9.30. The molecule has 2 aliphatic rings. The highest BCUT2D eigenvalue weighted by atomic mass is 35.5. The fraction of sp³-hybridized carbons (Fsp3) is 0.346. The summed E-state index contributed by atoms with van der Waals surface area (Å²) < 4.78 is 25.0. The van der Waals surface area contributed by atoms with Crippen molar-refractivity contribution in [2.45, 2.75) is 38.3 Å².